The van der Waals surface area contributed by atoms with Crippen LogP contribution in [0, 0.1) is 0 Å². The summed E-state index contributed by atoms with van der Waals surface area (Å²) in [6.45, 7) is 3.06. The molecule has 112 valence electrons. The summed E-state index contributed by atoms with van der Waals surface area (Å²) in [6, 6.07) is 11.7. The highest BCUT2D eigenvalue weighted by molar-refractivity contribution is 6.31. The Bertz CT molecular complexity index is 560. The average Bonchev–Trinajstić information content (AvgIpc) is 2.53. The molecule has 2 aromatic rings. The number of ether oxygens (including phenoxy) is 1. The summed E-state index contributed by atoms with van der Waals surface area (Å²) in [5.41, 5.74) is 1.99. The maximum atomic E-state index is 6.25. The van der Waals surface area contributed by atoms with E-state index in [9.17, 15) is 0 Å². The summed E-state index contributed by atoms with van der Waals surface area (Å²) in [6.07, 6.45) is 1.84. The minimum absolute atomic E-state index is 0.0863. The summed E-state index contributed by atoms with van der Waals surface area (Å²) >= 11 is 6.25. The Kier molecular flexibility index (Phi) is 5.96. The number of nitrogens with zero attached hydrogens (tertiary/aromatic N) is 2. The topological polar surface area (TPSA) is 47.0 Å². The van der Waals surface area contributed by atoms with Crippen LogP contribution in [-0.4, -0.2) is 23.9 Å². The van der Waals surface area contributed by atoms with E-state index in [2.05, 4.69) is 22.4 Å². The molecule has 0 aliphatic heterocycles. The highest BCUT2D eigenvalue weighted by Crippen LogP contribution is 2.22. The van der Waals surface area contributed by atoms with Crippen LogP contribution in [0.15, 0.2) is 36.4 Å². The summed E-state index contributed by atoms with van der Waals surface area (Å²) in [7, 11) is 1.58. The number of benzene rings is 1. The molecule has 0 saturated carbocycles. The van der Waals surface area contributed by atoms with Crippen LogP contribution in [0.3, 0.4) is 0 Å². The van der Waals surface area contributed by atoms with E-state index < -0.39 is 0 Å². The van der Waals surface area contributed by atoms with Crippen molar-refractivity contribution in [1.29, 1.82) is 0 Å². The number of nitrogens with one attached hydrogen (secondary N) is 1. The van der Waals surface area contributed by atoms with E-state index in [1.54, 1.807) is 7.11 Å². The van der Waals surface area contributed by atoms with Crippen molar-refractivity contribution in [3.05, 3.63) is 52.7 Å². The Morgan fingerprint density at radius 2 is 2.00 bits per heavy atom. The summed E-state index contributed by atoms with van der Waals surface area (Å²) < 4.78 is 5.05. The predicted octanol–water partition coefficient (Wildman–Crippen LogP) is 3.42. The zero-order valence-corrected chi connectivity index (χ0v) is 13.1. The Hall–Kier alpha value is -1.65. The van der Waals surface area contributed by atoms with Crippen LogP contribution < -0.4 is 10.1 Å². The van der Waals surface area contributed by atoms with Crippen molar-refractivity contribution in [2.45, 2.75) is 25.8 Å². The number of rotatable bonds is 7. The van der Waals surface area contributed by atoms with E-state index in [4.69, 9.17) is 16.3 Å². The van der Waals surface area contributed by atoms with Gasteiger partial charge in [-0.05, 0) is 37.1 Å². The fraction of sp³-hybridized carbons (Fsp3) is 0.375. The lowest BCUT2D eigenvalue weighted by atomic mass is 10.0. The Morgan fingerprint density at radius 3 is 2.62 bits per heavy atom. The van der Waals surface area contributed by atoms with Gasteiger partial charge in [0.05, 0.1) is 18.8 Å². The molecular weight excluding hydrogens is 286 g/mol. The number of hydrogen-bond acceptors (Lipinski definition) is 4. The molecule has 1 aromatic heterocycles. The zero-order chi connectivity index (χ0) is 15.1. The largest absolute Gasteiger partial charge is 0.480 e. The molecule has 4 nitrogen and oxygen atoms in total. The van der Waals surface area contributed by atoms with Crippen molar-refractivity contribution in [1.82, 2.24) is 15.5 Å². The average molecular weight is 306 g/mol. The van der Waals surface area contributed by atoms with Gasteiger partial charge in [0, 0.05) is 11.1 Å². The van der Waals surface area contributed by atoms with Crippen LogP contribution in [0.5, 0.6) is 5.88 Å². The van der Waals surface area contributed by atoms with Crippen molar-refractivity contribution in [2.75, 3.05) is 13.7 Å². The van der Waals surface area contributed by atoms with Gasteiger partial charge in [0.15, 0.2) is 0 Å². The number of hydrogen-bond donors (Lipinski definition) is 1. The predicted molar refractivity (Wildman–Crippen MR) is 84.8 cm³/mol. The van der Waals surface area contributed by atoms with E-state index in [0.717, 1.165) is 35.7 Å². The molecule has 0 amide bonds. The normalized spacial score (nSPS) is 12.1. The molecule has 1 aromatic carbocycles. The first kappa shape index (κ1) is 15.7. The summed E-state index contributed by atoms with van der Waals surface area (Å²) in [4.78, 5) is 0. The van der Waals surface area contributed by atoms with Crippen molar-refractivity contribution < 1.29 is 4.74 Å². The molecule has 1 heterocycles. The maximum Gasteiger partial charge on any atom is 0.233 e. The van der Waals surface area contributed by atoms with Crippen molar-refractivity contribution in [3.8, 4) is 5.88 Å². The van der Waals surface area contributed by atoms with E-state index in [1.807, 2.05) is 36.4 Å². The molecule has 2 rings (SSSR count). The Labute approximate surface area is 130 Å². The third-order valence-corrected chi connectivity index (χ3v) is 3.62. The molecule has 0 aliphatic rings. The molecule has 21 heavy (non-hydrogen) atoms. The summed E-state index contributed by atoms with van der Waals surface area (Å²) in [5.74, 6) is 0.519. The van der Waals surface area contributed by atoms with Gasteiger partial charge in [0.2, 0.25) is 5.88 Å². The highest BCUT2D eigenvalue weighted by atomic mass is 35.5. The number of methoxy groups -OCH3 is 1. The number of aromatic nitrogens is 2. The van der Waals surface area contributed by atoms with Gasteiger partial charge in [-0.15, -0.1) is 5.10 Å². The third-order valence-electron chi connectivity index (χ3n) is 3.25. The maximum absolute atomic E-state index is 6.25. The van der Waals surface area contributed by atoms with Crippen LogP contribution in [0.4, 0.5) is 0 Å². The lowest BCUT2D eigenvalue weighted by Crippen LogP contribution is -2.25. The molecular formula is C16H20ClN3O. The van der Waals surface area contributed by atoms with Gasteiger partial charge in [-0.25, -0.2) is 0 Å². The van der Waals surface area contributed by atoms with Crippen molar-refractivity contribution in [3.63, 3.8) is 0 Å². The zero-order valence-electron chi connectivity index (χ0n) is 12.3. The molecule has 1 N–H and O–H groups in total. The van der Waals surface area contributed by atoms with Crippen molar-refractivity contribution >= 4 is 11.6 Å². The molecule has 0 bridgehead atoms. The van der Waals surface area contributed by atoms with E-state index in [-0.39, 0.29) is 6.04 Å². The highest BCUT2D eigenvalue weighted by Gasteiger charge is 2.15. The second kappa shape index (κ2) is 7.96. The Balaban J connectivity index is 2.18. The minimum atomic E-state index is 0.0863. The monoisotopic (exact) mass is 305 g/mol. The first-order valence-corrected chi connectivity index (χ1v) is 7.46. The molecule has 0 saturated heterocycles. The molecule has 1 unspecified atom stereocenters. The molecule has 1 atom stereocenters. The van der Waals surface area contributed by atoms with Crippen LogP contribution in [0.25, 0.3) is 0 Å². The van der Waals surface area contributed by atoms with Crippen LogP contribution in [-0.2, 0) is 6.42 Å². The Morgan fingerprint density at radius 1 is 1.19 bits per heavy atom. The quantitative estimate of drug-likeness (QED) is 0.851. The van der Waals surface area contributed by atoms with Crippen LogP contribution in [0.1, 0.15) is 30.6 Å². The minimum Gasteiger partial charge on any atom is -0.480 e. The standard InChI is InChI=1S/C16H20ClN3O/c1-3-10-18-15(11-12-6-4-5-7-13(12)17)14-8-9-16(21-2)20-19-14/h4-9,15,18H,3,10-11H2,1-2H3. The van der Waals surface area contributed by atoms with Gasteiger partial charge in [0.1, 0.15) is 0 Å². The summed E-state index contributed by atoms with van der Waals surface area (Å²) in [5, 5.41) is 12.6. The van der Waals surface area contributed by atoms with E-state index in [1.165, 1.54) is 0 Å². The smallest absolute Gasteiger partial charge is 0.233 e. The van der Waals surface area contributed by atoms with Gasteiger partial charge in [-0.3, -0.25) is 0 Å². The lowest BCUT2D eigenvalue weighted by molar-refractivity contribution is 0.389. The second-order valence-corrected chi connectivity index (χ2v) is 5.21. The SMILES string of the molecule is CCCNC(Cc1ccccc1Cl)c1ccc(OC)nn1. The van der Waals surface area contributed by atoms with E-state index in [0.29, 0.717) is 5.88 Å². The number of halogens is 1. The first-order valence-electron chi connectivity index (χ1n) is 7.09. The van der Waals surface area contributed by atoms with E-state index >= 15 is 0 Å². The first-order chi connectivity index (χ1) is 10.2. The molecule has 5 heteroatoms. The fourth-order valence-corrected chi connectivity index (χ4v) is 2.32. The fourth-order valence-electron chi connectivity index (χ4n) is 2.11. The van der Waals surface area contributed by atoms with Gasteiger partial charge >= 0.3 is 0 Å². The third kappa shape index (κ3) is 4.41. The molecule has 0 fully saturated rings. The van der Waals surface area contributed by atoms with Gasteiger partial charge in [0.25, 0.3) is 0 Å². The second-order valence-electron chi connectivity index (χ2n) is 4.80. The van der Waals surface area contributed by atoms with Crippen molar-refractivity contribution in [2.24, 2.45) is 0 Å². The van der Waals surface area contributed by atoms with Crippen LogP contribution >= 0.6 is 11.6 Å². The van der Waals surface area contributed by atoms with Gasteiger partial charge in [-0.1, -0.05) is 36.7 Å². The molecule has 0 radical (unpaired) electrons. The lowest BCUT2D eigenvalue weighted by Gasteiger charge is -2.18. The van der Waals surface area contributed by atoms with Gasteiger partial charge < -0.3 is 10.1 Å². The molecule has 0 aliphatic carbocycles. The van der Waals surface area contributed by atoms with Gasteiger partial charge in [-0.2, -0.15) is 5.10 Å². The van der Waals surface area contributed by atoms with Crippen LogP contribution in [0.2, 0.25) is 5.02 Å². The molecule has 0 spiro atoms.